The average molecular weight is 551 g/mol. The van der Waals surface area contributed by atoms with Gasteiger partial charge in [-0.25, -0.2) is 8.42 Å². The number of rotatable bonds is 8. The first-order valence-electron chi connectivity index (χ1n) is 10.2. The molecule has 0 amide bonds. The highest BCUT2D eigenvalue weighted by atomic mass is 127. The van der Waals surface area contributed by atoms with Crippen LogP contribution in [0.3, 0.4) is 0 Å². The van der Waals surface area contributed by atoms with Gasteiger partial charge in [0.05, 0.1) is 4.90 Å². The third kappa shape index (κ3) is 7.81. The Bertz CT molecular complexity index is 1110. The minimum Gasteiger partial charge on any atom is -0.357 e. The number of halogens is 1. The van der Waals surface area contributed by atoms with Crippen LogP contribution in [0.15, 0.2) is 76.6 Å². The summed E-state index contributed by atoms with van der Waals surface area (Å²) in [5.41, 5.74) is 2.36. The molecular formula is C24H30IN3O2S. The Labute approximate surface area is 202 Å². The van der Waals surface area contributed by atoms with Crippen molar-refractivity contribution in [1.82, 2.24) is 10.6 Å². The molecule has 31 heavy (non-hydrogen) atoms. The number of hydrogen-bond donors (Lipinski definition) is 2. The quantitative estimate of drug-likeness (QED) is 0.250. The Morgan fingerprint density at radius 3 is 2.23 bits per heavy atom. The van der Waals surface area contributed by atoms with Crippen molar-refractivity contribution in [3.05, 3.63) is 77.9 Å². The Hall–Kier alpha value is -2.13. The lowest BCUT2D eigenvalue weighted by molar-refractivity contribution is 0.602. The van der Waals surface area contributed by atoms with Gasteiger partial charge < -0.3 is 10.6 Å². The molecule has 166 valence electrons. The maximum absolute atomic E-state index is 11.5. The molecule has 3 rings (SSSR count). The highest BCUT2D eigenvalue weighted by Gasteiger charge is 2.06. The molecule has 3 aromatic carbocycles. The van der Waals surface area contributed by atoms with Crippen molar-refractivity contribution in [2.24, 2.45) is 4.99 Å². The molecule has 0 aliphatic carbocycles. The van der Waals surface area contributed by atoms with E-state index in [-0.39, 0.29) is 24.0 Å². The normalized spacial score (nSPS) is 11.7. The van der Waals surface area contributed by atoms with Gasteiger partial charge in [0, 0.05) is 25.9 Å². The van der Waals surface area contributed by atoms with Crippen LogP contribution >= 0.6 is 24.0 Å². The van der Waals surface area contributed by atoms with Crippen LogP contribution in [-0.2, 0) is 22.7 Å². The fraction of sp³-hybridized carbons (Fsp3) is 0.292. The second-order valence-corrected chi connectivity index (χ2v) is 9.30. The summed E-state index contributed by atoms with van der Waals surface area (Å²) in [6.07, 6.45) is 2.89. The summed E-state index contributed by atoms with van der Waals surface area (Å²) in [6.45, 7) is 4.27. The molecule has 0 bridgehead atoms. The van der Waals surface area contributed by atoms with Crippen molar-refractivity contribution >= 4 is 50.5 Å². The Morgan fingerprint density at radius 2 is 1.55 bits per heavy atom. The first-order chi connectivity index (χ1) is 14.5. The van der Waals surface area contributed by atoms with Gasteiger partial charge in [0.1, 0.15) is 0 Å². The molecule has 7 heteroatoms. The maximum atomic E-state index is 11.5. The topological polar surface area (TPSA) is 70.6 Å². The largest absolute Gasteiger partial charge is 0.357 e. The maximum Gasteiger partial charge on any atom is 0.191 e. The van der Waals surface area contributed by atoms with Crippen molar-refractivity contribution in [2.45, 2.75) is 24.7 Å². The van der Waals surface area contributed by atoms with E-state index in [1.165, 1.54) is 22.6 Å². The zero-order valence-electron chi connectivity index (χ0n) is 18.0. The Balaban J connectivity index is 0.00000341. The van der Waals surface area contributed by atoms with E-state index in [4.69, 9.17) is 0 Å². The second kappa shape index (κ2) is 12.0. The van der Waals surface area contributed by atoms with E-state index < -0.39 is 9.84 Å². The van der Waals surface area contributed by atoms with Crippen LogP contribution in [0, 0.1) is 0 Å². The monoisotopic (exact) mass is 551 g/mol. The smallest absolute Gasteiger partial charge is 0.191 e. The van der Waals surface area contributed by atoms with Crippen LogP contribution < -0.4 is 10.6 Å². The molecule has 3 aromatic rings. The van der Waals surface area contributed by atoms with Gasteiger partial charge in [0.25, 0.3) is 0 Å². The van der Waals surface area contributed by atoms with Crippen LogP contribution in [0.4, 0.5) is 0 Å². The van der Waals surface area contributed by atoms with Crippen molar-refractivity contribution in [3.63, 3.8) is 0 Å². The highest BCUT2D eigenvalue weighted by molar-refractivity contribution is 14.0. The molecule has 0 spiro atoms. The molecule has 0 saturated carbocycles. The summed E-state index contributed by atoms with van der Waals surface area (Å²) in [7, 11) is -3.15. The molecule has 0 aromatic heterocycles. The summed E-state index contributed by atoms with van der Waals surface area (Å²) < 4.78 is 23.1. The minimum atomic E-state index is -3.15. The molecule has 0 unspecified atom stereocenters. The van der Waals surface area contributed by atoms with Crippen LogP contribution in [0.5, 0.6) is 0 Å². The van der Waals surface area contributed by atoms with Gasteiger partial charge in [-0.05, 0) is 53.8 Å². The molecule has 0 radical (unpaired) electrons. The van der Waals surface area contributed by atoms with Crippen LogP contribution in [-0.4, -0.2) is 40.3 Å². The van der Waals surface area contributed by atoms with Crippen molar-refractivity contribution in [1.29, 1.82) is 0 Å². The number of aliphatic imine (C=N–C) groups is 1. The number of nitrogens with one attached hydrogen (secondary N) is 2. The van der Waals surface area contributed by atoms with Gasteiger partial charge in [-0.15, -0.1) is 24.0 Å². The molecule has 0 aliphatic rings. The SMILES string of the molecule is CCNC(=NCCc1ccc(S(C)(=O)=O)cc1)NCCc1ccc2ccccc2c1.I. The Kier molecular flexibility index (Phi) is 9.77. The van der Waals surface area contributed by atoms with Gasteiger partial charge in [0.15, 0.2) is 15.8 Å². The average Bonchev–Trinajstić information content (AvgIpc) is 2.73. The summed E-state index contributed by atoms with van der Waals surface area (Å²) in [6, 6.07) is 22.0. The molecule has 0 saturated heterocycles. The fourth-order valence-corrected chi connectivity index (χ4v) is 3.89. The molecule has 5 nitrogen and oxygen atoms in total. The predicted octanol–water partition coefficient (Wildman–Crippen LogP) is 4.20. The lowest BCUT2D eigenvalue weighted by Crippen LogP contribution is -2.38. The van der Waals surface area contributed by atoms with Gasteiger partial charge in [0.2, 0.25) is 0 Å². The summed E-state index contributed by atoms with van der Waals surface area (Å²) in [5.74, 6) is 0.797. The van der Waals surface area contributed by atoms with Crippen LogP contribution in [0.2, 0.25) is 0 Å². The van der Waals surface area contributed by atoms with Crippen molar-refractivity contribution < 1.29 is 8.42 Å². The van der Waals surface area contributed by atoms with Gasteiger partial charge >= 0.3 is 0 Å². The van der Waals surface area contributed by atoms with Crippen molar-refractivity contribution in [3.8, 4) is 0 Å². The number of guanidine groups is 1. The van der Waals surface area contributed by atoms with Gasteiger partial charge in [-0.1, -0.05) is 54.6 Å². The summed E-state index contributed by atoms with van der Waals surface area (Å²) in [4.78, 5) is 4.98. The molecule has 0 atom stereocenters. The summed E-state index contributed by atoms with van der Waals surface area (Å²) >= 11 is 0. The molecule has 2 N–H and O–H groups in total. The minimum absolute atomic E-state index is 0. The Morgan fingerprint density at radius 1 is 0.871 bits per heavy atom. The van der Waals surface area contributed by atoms with Gasteiger partial charge in [-0.2, -0.15) is 0 Å². The van der Waals surface area contributed by atoms with Crippen LogP contribution in [0.1, 0.15) is 18.1 Å². The molecule has 0 aliphatic heterocycles. The van der Waals surface area contributed by atoms with E-state index in [9.17, 15) is 8.42 Å². The van der Waals surface area contributed by atoms with E-state index in [0.717, 1.165) is 37.5 Å². The van der Waals surface area contributed by atoms with E-state index in [1.54, 1.807) is 12.1 Å². The standard InChI is InChI=1S/C24H29N3O2S.HI/c1-3-25-24(26-16-14-19-9-12-23(13-10-19)30(2,28)29)27-17-15-20-8-11-21-6-4-5-7-22(21)18-20;/h4-13,18H,3,14-17H2,1-2H3,(H2,25,26,27);1H. The zero-order valence-corrected chi connectivity index (χ0v) is 21.1. The lowest BCUT2D eigenvalue weighted by Gasteiger charge is -2.12. The zero-order chi connectivity index (χ0) is 21.4. The number of fused-ring (bicyclic) bond motifs is 1. The highest BCUT2D eigenvalue weighted by Crippen LogP contribution is 2.15. The third-order valence-electron chi connectivity index (χ3n) is 4.89. The predicted molar refractivity (Wildman–Crippen MR) is 140 cm³/mol. The van der Waals surface area contributed by atoms with Crippen molar-refractivity contribution in [2.75, 3.05) is 25.9 Å². The van der Waals surface area contributed by atoms with E-state index >= 15 is 0 Å². The molecule has 0 fully saturated rings. The van der Waals surface area contributed by atoms with E-state index in [0.29, 0.717) is 11.4 Å². The van der Waals surface area contributed by atoms with Crippen LogP contribution in [0.25, 0.3) is 10.8 Å². The van der Waals surface area contributed by atoms with Gasteiger partial charge in [-0.3, -0.25) is 4.99 Å². The first-order valence-corrected chi connectivity index (χ1v) is 12.1. The van der Waals surface area contributed by atoms with E-state index in [2.05, 4.69) is 58.1 Å². The first kappa shape index (κ1) is 25.1. The number of benzene rings is 3. The fourth-order valence-electron chi connectivity index (χ4n) is 3.26. The lowest BCUT2D eigenvalue weighted by atomic mass is 10.1. The molecular weight excluding hydrogens is 521 g/mol. The third-order valence-corrected chi connectivity index (χ3v) is 6.01. The number of nitrogens with zero attached hydrogens (tertiary/aromatic N) is 1. The number of hydrogen-bond acceptors (Lipinski definition) is 3. The van der Waals surface area contributed by atoms with E-state index in [1.807, 2.05) is 19.1 Å². The number of sulfone groups is 1. The molecule has 0 heterocycles. The summed E-state index contributed by atoms with van der Waals surface area (Å²) in [5, 5.41) is 9.19. The second-order valence-electron chi connectivity index (χ2n) is 7.29.